The molecule has 0 radical (unpaired) electrons. The molecule has 0 fully saturated rings. The molecule has 0 aromatic rings. The van der Waals surface area contributed by atoms with Crippen molar-refractivity contribution >= 4 is 0 Å². The molecule has 2 heteroatoms. The maximum atomic E-state index is 10.0. The SMILES string of the molecule is CCC(C)C(C)N(O)C(C)C(C)CC. The zero-order valence-electron chi connectivity index (χ0n) is 10.6. The van der Waals surface area contributed by atoms with E-state index in [1.165, 1.54) is 0 Å². The van der Waals surface area contributed by atoms with E-state index in [4.69, 9.17) is 0 Å². The molecule has 0 aliphatic carbocycles. The summed E-state index contributed by atoms with van der Waals surface area (Å²) in [7, 11) is 0. The van der Waals surface area contributed by atoms with Crippen LogP contribution in [0.25, 0.3) is 0 Å². The molecule has 0 saturated carbocycles. The molecule has 4 atom stereocenters. The fourth-order valence-corrected chi connectivity index (χ4v) is 1.57. The van der Waals surface area contributed by atoms with E-state index >= 15 is 0 Å². The molecule has 0 heterocycles. The van der Waals surface area contributed by atoms with Crippen molar-refractivity contribution in [1.82, 2.24) is 5.06 Å². The molecule has 4 unspecified atom stereocenters. The minimum Gasteiger partial charge on any atom is -0.313 e. The summed E-state index contributed by atoms with van der Waals surface area (Å²) in [6.45, 7) is 12.9. The average Bonchev–Trinajstić information content (AvgIpc) is 2.23. The van der Waals surface area contributed by atoms with Gasteiger partial charge in [-0.3, -0.25) is 0 Å². The number of hydroxylamine groups is 2. The molecule has 0 aromatic heterocycles. The van der Waals surface area contributed by atoms with Gasteiger partial charge in [0.15, 0.2) is 0 Å². The Hall–Kier alpha value is -0.0800. The van der Waals surface area contributed by atoms with Crippen molar-refractivity contribution in [2.75, 3.05) is 0 Å². The highest BCUT2D eigenvalue weighted by molar-refractivity contribution is 4.73. The first kappa shape index (κ1) is 13.9. The summed E-state index contributed by atoms with van der Waals surface area (Å²) in [6.07, 6.45) is 2.23. The van der Waals surface area contributed by atoms with Gasteiger partial charge < -0.3 is 5.21 Å². The van der Waals surface area contributed by atoms with Crippen LogP contribution in [-0.4, -0.2) is 22.4 Å². The maximum absolute atomic E-state index is 10.0. The standard InChI is InChI=1S/C12H27NO/c1-7-9(3)11(5)13(14)12(6)10(4)8-2/h9-12,14H,7-8H2,1-6H3. The molecule has 1 N–H and O–H groups in total. The average molecular weight is 201 g/mol. The molecule has 0 bridgehead atoms. The lowest BCUT2D eigenvalue weighted by Crippen LogP contribution is -2.43. The molecule has 0 rings (SSSR count). The van der Waals surface area contributed by atoms with E-state index < -0.39 is 0 Å². The van der Waals surface area contributed by atoms with E-state index in [1.54, 1.807) is 5.06 Å². The number of nitrogens with zero attached hydrogens (tertiary/aromatic N) is 1. The summed E-state index contributed by atoms with van der Waals surface area (Å²) in [6, 6.07) is 0.507. The second-order valence-electron chi connectivity index (χ2n) is 4.63. The van der Waals surface area contributed by atoms with E-state index in [1.807, 2.05) is 0 Å². The van der Waals surface area contributed by atoms with Crippen LogP contribution < -0.4 is 0 Å². The van der Waals surface area contributed by atoms with Crippen molar-refractivity contribution in [3.63, 3.8) is 0 Å². The highest BCUT2D eigenvalue weighted by Crippen LogP contribution is 2.20. The van der Waals surface area contributed by atoms with Gasteiger partial charge in [-0.25, -0.2) is 0 Å². The molecular formula is C12H27NO. The monoisotopic (exact) mass is 201 g/mol. The Balaban J connectivity index is 4.22. The number of rotatable bonds is 6. The van der Waals surface area contributed by atoms with Gasteiger partial charge >= 0.3 is 0 Å². The van der Waals surface area contributed by atoms with Gasteiger partial charge in [0.1, 0.15) is 0 Å². The van der Waals surface area contributed by atoms with Crippen LogP contribution >= 0.6 is 0 Å². The smallest absolute Gasteiger partial charge is 0.0350 e. The lowest BCUT2D eigenvalue weighted by Gasteiger charge is -2.34. The van der Waals surface area contributed by atoms with E-state index in [0.29, 0.717) is 11.8 Å². The van der Waals surface area contributed by atoms with Crippen LogP contribution in [0.4, 0.5) is 0 Å². The third kappa shape index (κ3) is 3.58. The second kappa shape index (κ2) is 6.41. The van der Waals surface area contributed by atoms with Gasteiger partial charge in [0.05, 0.1) is 0 Å². The predicted molar refractivity (Wildman–Crippen MR) is 61.5 cm³/mol. The van der Waals surface area contributed by atoms with Gasteiger partial charge in [0, 0.05) is 12.1 Å². The summed E-state index contributed by atoms with van der Waals surface area (Å²) in [5.41, 5.74) is 0. The fourth-order valence-electron chi connectivity index (χ4n) is 1.57. The van der Waals surface area contributed by atoms with Crippen molar-refractivity contribution in [3.05, 3.63) is 0 Å². The maximum Gasteiger partial charge on any atom is 0.0350 e. The molecule has 0 aromatic carbocycles. The topological polar surface area (TPSA) is 23.5 Å². The molecule has 14 heavy (non-hydrogen) atoms. The minimum atomic E-state index is 0.254. The zero-order chi connectivity index (χ0) is 11.3. The molecular weight excluding hydrogens is 174 g/mol. The van der Waals surface area contributed by atoms with E-state index in [-0.39, 0.29) is 12.1 Å². The van der Waals surface area contributed by atoms with Gasteiger partial charge in [-0.2, -0.15) is 5.06 Å². The van der Waals surface area contributed by atoms with Crippen LogP contribution in [0.2, 0.25) is 0 Å². The Bertz CT molecular complexity index is 133. The van der Waals surface area contributed by atoms with Crippen LogP contribution in [0.3, 0.4) is 0 Å². The Kier molecular flexibility index (Phi) is 6.38. The molecule has 0 amide bonds. The van der Waals surface area contributed by atoms with Gasteiger partial charge in [-0.15, -0.1) is 0 Å². The largest absolute Gasteiger partial charge is 0.313 e. The summed E-state index contributed by atoms with van der Waals surface area (Å²) in [5, 5.41) is 11.6. The lowest BCUT2D eigenvalue weighted by molar-refractivity contribution is -0.174. The summed E-state index contributed by atoms with van der Waals surface area (Å²) < 4.78 is 0. The van der Waals surface area contributed by atoms with Crippen LogP contribution in [0.5, 0.6) is 0 Å². The quantitative estimate of drug-likeness (QED) is 0.664. The van der Waals surface area contributed by atoms with Gasteiger partial charge in [-0.1, -0.05) is 40.5 Å². The molecule has 86 valence electrons. The van der Waals surface area contributed by atoms with Crippen LogP contribution in [-0.2, 0) is 0 Å². The third-order valence-electron chi connectivity index (χ3n) is 3.77. The molecule has 0 spiro atoms. The lowest BCUT2D eigenvalue weighted by atomic mass is 9.95. The second-order valence-corrected chi connectivity index (χ2v) is 4.63. The highest BCUT2D eigenvalue weighted by Gasteiger charge is 2.24. The number of hydrogen-bond acceptors (Lipinski definition) is 2. The number of hydrogen-bond donors (Lipinski definition) is 1. The Morgan fingerprint density at radius 1 is 0.857 bits per heavy atom. The van der Waals surface area contributed by atoms with Gasteiger partial charge in [-0.05, 0) is 25.7 Å². The third-order valence-corrected chi connectivity index (χ3v) is 3.77. The van der Waals surface area contributed by atoms with Crippen LogP contribution in [0, 0.1) is 11.8 Å². The van der Waals surface area contributed by atoms with Gasteiger partial charge in [0.2, 0.25) is 0 Å². The molecule has 2 nitrogen and oxygen atoms in total. The molecule has 0 aliphatic rings. The first-order valence-electron chi connectivity index (χ1n) is 5.92. The zero-order valence-corrected chi connectivity index (χ0v) is 10.6. The van der Waals surface area contributed by atoms with Crippen molar-refractivity contribution in [3.8, 4) is 0 Å². The summed E-state index contributed by atoms with van der Waals surface area (Å²) in [4.78, 5) is 0. The molecule has 0 aliphatic heterocycles. The van der Waals surface area contributed by atoms with Crippen molar-refractivity contribution in [2.45, 2.75) is 66.5 Å². The van der Waals surface area contributed by atoms with Crippen LogP contribution in [0.1, 0.15) is 54.4 Å². The van der Waals surface area contributed by atoms with E-state index in [9.17, 15) is 5.21 Å². The van der Waals surface area contributed by atoms with Crippen molar-refractivity contribution in [1.29, 1.82) is 0 Å². The fraction of sp³-hybridized carbons (Fsp3) is 1.00. The first-order valence-corrected chi connectivity index (χ1v) is 5.92. The molecule has 0 saturated heterocycles. The summed E-state index contributed by atoms with van der Waals surface area (Å²) >= 11 is 0. The van der Waals surface area contributed by atoms with Crippen LogP contribution in [0.15, 0.2) is 0 Å². The van der Waals surface area contributed by atoms with E-state index in [2.05, 4.69) is 41.5 Å². The highest BCUT2D eigenvalue weighted by atomic mass is 16.5. The van der Waals surface area contributed by atoms with Crippen molar-refractivity contribution in [2.24, 2.45) is 11.8 Å². The first-order chi connectivity index (χ1) is 6.45. The normalized spacial score (nSPS) is 20.6. The Morgan fingerprint density at radius 2 is 1.14 bits per heavy atom. The van der Waals surface area contributed by atoms with E-state index in [0.717, 1.165) is 12.8 Å². The Morgan fingerprint density at radius 3 is 1.36 bits per heavy atom. The van der Waals surface area contributed by atoms with Gasteiger partial charge in [0.25, 0.3) is 0 Å². The summed E-state index contributed by atoms with van der Waals surface area (Å²) in [5.74, 6) is 1.10. The Labute approximate surface area is 89.3 Å². The van der Waals surface area contributed by atoms with Crippen molar-refractivity contribution < 1.29 is 5.21 Å². The predicted octanol–water partition coefficient (Wildman–Crippen LogP) is 3.55. The minimum absolute atomic E-state index is 0.254.